The first-order chi connectivity index (χ1) is 14.6. The van der Waals surface area contributed by atoms with Crippen molar-refractivity contribution in [3.63, 3.8) is 0 Å². The van der Waals surface area contributed by atoms with E-state index in [9.17, 15) is 4.79 Å². The van der Waals surface area contributed by atoms with Gasteiger partial charge in [0.25, 0.3) is 0 Å². The Balaban J connectivity index is 1.46. The Hall–Kier alpha value is -2.13. The van der Waals surface area contributed by atoms with E-state index in [1.165, 1.54) is 45.6 Å². The molecule has 0 saturated carbocycles. The van der Waals surface area contributed by atoms with Crippen molar-refractivity contribution in [1.82, 2.24) is 29.3 Å². The maximum Gasteiger partial charge on any atom is 0.327 e. The van der Waals surface area contributed by atoms with E-state index >= 15 is 0 Å². The number of piperazine rings is 1. The number of nitrogens with one attached hydrogen (secondary N) is 1. The number of hydrogen-bond acceptors (Lipinski definition) is 7. The summed E-state index contributed by atoms with van der Waals surface area (Å²) in [5.41, 5.74) is 6.84. The van der Waals surface area contributed by atoms with Gasteiger partial charge in [-0.2, -0.15) is 9.97 Å². The molecular weight excluding hydrogens is 382 g/mol. The molecule has 1 fully saturated rings. The molecule has 0 bridgehead atoms. The Morgan fingerprint density at radius 1 is 0.967 bits per heavy atom. The first-order valence-electron chi connectivity index (χ1n) is 11.5. The molecule has 0 atom stereocenters. The van der Waals surface area contributed by atoms with Crippen molar-refractivity contribution in [3.8, 4) is 6.01 Å². The van der Waals surface area contributed by atoms with Crippen LogP contribution < -0.4 is 16.2 Å². The monoisotopic (exact) mass is 419 g/mol. The van der Waals surface area contributed by atoms with Crippen LogP contribution in [0.5, 0.6) is 6.01 Å². The Morgan fingerprint density at radius 3 is 2.37 bits per heavy atom. The quantitative estimate of drug-likeness (QED) is 0.507. The molecule has 0 radical (unpaired) electrons. The highest BCUT2D eigenvalue weighted by atomic mass is 16.5. The number of nitrogens with two attached hydrogens (primary N) is 1. The van der Waals surface area contributed by atoms with E-state index in [1.807, 2.05) is 0 Å². The van der Waals surface area contributed by atoms with Crippen molar-refractivity contribution in [1.29, 1.82) is 0 Å². The van der Waals surface area contributed by atoms with Crippen molar-refractivity contribution in [2.45, 2.75) is 58.9 Å². The summed E-state index contributed by atoms with van der Waals surface area (Å²) >= 11 is 0. The first kappa shape index (κ1) is 22.6. The minimum absolute atomic E-state index is 0.189. The standard InChI is InChI=1S/C21H37N7O2/c1-3-5-16-30-20-24-18(22)17-19(25-20)28(21(29)23-17)11-9-7-6-8-10-27-14-12-26(4-2)13-15-27/h3-16H2,1-2H3,(H,23,29)(H2,22,24,25). The van der Waals surface area contributed by atoms with Crippen molar-refractivity contribution in [2.24, 2.45) is 0 Å². The smallest absolute Gasteiger partial charge is 0.327 e. The fraction of sp³-hybridized carbons (Fsp3) is 0.762. The van der Waals surface area contributed by atoms with Gasteiger partial charge in [0.15, 0.2) is 11.5 Å². The highest BCUT2D eigenvalue weighted by Gasteiger charge is 2.16. The van der Waals surface area contributed by atoms with E-state index in [0.717, 1.165) is 32.2 Å². The molecule has 9 heteroatoms. The zero-order valence-electron chi connectivity index (χ0n) is 18.5. The van der Waals surface area contributed by atoms with Gasteiger partial charge in [-0.15, -0.1) is 0 Å². The fourth-order valence-corrected chi connectivity index (χ4v) is 3.90. The summed E-state index contributed by atoms with van der Waals surface area (Å²) in [4.78, 5) is 28.8. The minimum Gasteiger partial charge on any atom is -0.463 e. The van der Waals surface area contributed by atoms with Gasteiger partial charge in [-0.25, -0.2) is 4.79 Å². The molecule has 2 aromatic rings. The number of unbranched alkanes of at least 4 members (excludes halogenated alkanes) is 4. The number of aryl methyl sites for hydroxylation is 1. The van der Waals surface area contributed by atoms with Crippen LogP contribution in [0, 0.1) is 0 Å². The molecule has 0 aliphatic carbocycles. The van der Waals surface area contributed by atoms with Gasteiger partial charge < -0.3 is 25.3 Å². The van der Waals surface area contributed by atoms with Crippen LogP contribution in [0.3, 0.4) is 0 Å². The van der Waals surface area contributed by atoms with Crippen LogP contribution in [-0.4, -0.2) is 75.2 Å². The molecule has 0 spiro atoms. The maximum absolute atomic E-state index is 12.4. The Kier molecular flexibility index (Phi) is 8.50. The SMILES string of the molecule is CCCCOc1nc(N)c2[nH]c(=O)n(CCCCCCN3CCN(CC)CC3)c2n1. The van der Waals surface area contributed by atoms with E-state index in [0.29, 0.717) is 24.3 Å². The molecule has 0 aromatic carbocycles. The normalized spacial score (nSPS) is 15.8. The minimum atomic E-state index is -0.189. The number of hydrogen-bond donors (Lipinski definition) is 2. The predicted octanol–water partition coefficient (Wildman–Crippen LogP) is 2.08. The number of nitrogen functional groups attached to an aromatic ring is 1. The van der Waals surface area contributed by atoms with E-state index in [2.05, 4.69) is 38.6 Å². The Labute approximate surface area is 178 Å². The summed E-state index contributed by atoms with van der Waals surface area (Å²) in [5.74, 6) is 0.255. The molecule has 3 rings (SSSR count). The van der Waals surface area contributed by atoms with Gasteiger partial charge in [-0.1, -0.05) is 33.1 Å². The van der Waals surface area contributed by atoms with Gasteiger partial charge >= 0.3 is 11.7 Å². The second kappa shape index (κ2) is 11.3. The number of aromatic amines is 1. The molecular formula is C21H37N7O2. The second-order valence-corrected chi connectivity index (χ2v) is 8.06. The first-order valence-corrected chi connectivity index (χ1v) is 11.5. The summed E-state index contributed by atoms with van der Waals surface area (Å²) in [5, 5.41) is 0. The van der Waals surface area contributed by atoms with Crippen LogP contribution in [0.2, 0.25) is 0 Å². The Bertz CT molecular complexity index is 840. The number of fused-ring (bicyclic) bond motifs is 1. The average Bonchev–Trinajstić information content (AvgIpc) is 3.07. The van der Waals surface area contributed by atoms with Crippen molar-refractivity contribution >= 4 is 17.0 Å². The zero-order valence-corrected chi connectivity index (χ0v) is 18.5. The third kappa shape index (κ3) is 5.95. The number of likely N-dealkylation sites (N-methyl/N-ethyl adjacent to an activating group) is 1. The van der Waals surface area contributed by atoms with Crippen LogP contribution in [0.1, 0.15) is 52.4 Å². The maximum atomic E-state index is 12.4. The van der Waals surface area contributed by atoms with Crippen molar-refractivity contribution in [3.05, 3.63) is 10.5 Å². The summed E-state index contributed by atoms with van der Waals surface area (Å²) in [6.07, 6.45) is 6.37. The topological polar surface area (TPSA) is 105 Å². The number of rotatable bonds is 12. The molecule has 1 aliphatic heterocycles. The molecule has 3 heterocycles. The van der Waals surface area contributed by atoms with Gasteiger partial charge in [0.2, 0.25) is 0 Å². The van der Waals surface area contributed by atoms with E-state index in [4.69, 9.17) is 10.5 Å². The van der Waals surface area contributed by atoms with E-state index in [-0.39, 0.29) is 17.5 Å². The number of anilines is 1. The molecule has 9 nitrogen and oxygen atoms in total. The lowest BCUT2D eigenvalue weighted by atomic mass is 10.1. The van der Waals surface area contributed by atoms with Gasteiger partial charge in [0, 0.05) is 32.7 Å². The largest absolute Gasteiger partial charge is 0.463 e. The van der Waals surface area contributed by atoms with Gasteiger partial charge in [0.1, 0.15) is 5.52 Å². The number of nitrogens with zero attached hydrogens (tertiary/aromatic N) is 5. The average molecular weight is 420 g/mol. The lowest BCUT2D eigenvalue weighted by molar-refractivity contribution is 0.135. The molecule has 1 aliphatic rings. The van der Waals surface area contributed by atoms with Crippen LogP contribution in [0.25, 0.3) is 11.2 Å². The number of imidazole rings is 1. The van der Waals surface area contributed by atoms with Crippen LogP contribution in [-0.2, 0) is 6.54 Å². The molecule has 1 saturated heterocycles. The highest BCUT2D eigenvalue weighted by molar-refractivity contribution is 5.81. The number of H-pyrrole nitrogens is 1. The highest BCUT2D eigenvalue weighted by Crippen LogP contribution is 2.18. The second-order valence-electron chi connectivity index (χ2n) is 8.06. The molecule has 0 unspecified atom stereocenters. The van der Waals surface area contributed by atoms with Crippen molar-refractivity contribution in [2.75, 3.05) is 51.6 Å². The molecule has 3 N–H and O–H groups in total. The van der Waals surface area contributed by atoms with E-state index < -0.39 is 0 Å². The van der Waals surface area contributed by atoms with Crippen LogP contribution in [0.15, 0.2) is 4.79 Å². The lowest BCUT2D eigenvalue weighted by Crippen LogP contribution is -2.46. The molecule has 30 heavy (non-hydrogen) atoms. The summed E-state index contributed by atoms with van der Waals surface area (Å²) in [7, 11) is 0. The summed E-state index contributed by atoms with van der Waals surface area (Å²) in [6.45, 7) is 12.6. The number of aromatic nitrogens is 4. The Morgan fingerprint density at radius 2 is 1.67 bits per heavy atom. The van der Waals surface area contributed by atoms with Crippen LogP contribution in [0.4, 0.5) is 5.82 Å². The number of ether oxygens (including phenoxy) is 1. The zero-order chi connectivity index (χ0) is 21.3. The molecule has 168 valence electrons. The van der Waals surface area contributed by atoms with E-state index in [1.54, 1.807) is 4.57 Å². The van der Waals surface area contributed by atoms with Crippen molar-refractivity contribution < 1.29 is 4.74 Å². The van der Waals surface area contributed by atoms with Gasteiger partial charge in [0.05, 0.1) is 6.61 Å². The van der Waals surface area contributed by atoms with Gasteiger partial charge in [-0.05, 0) is 32.4 Å². The lowest BCUT2D eigenvalue weighted by Gasteiger charge is -2.33. The summed E-state index contributed by atoms with van der Waals surface area (Å²) in [6, 6.07) is 0.240. The fourth-order valence-electron chi connectivity index (χ4n) is 3.90. The van der Waals surface area contributed by atoms with Gasteiger partial charge in [-0.3, -0.25) is 4.57 Å². The summed E-state index contributed by atoms with van der Waals surface area (Å²) < 4.78 is 7.25. The van der Waals surface area contributed by atoms with Crippen LogP contribution >= 0.6 is 0 Å². The third-order valence-electron chi connectivity index (χ3n) is 5.88. The molecule has 2 aromatic heterocycles. The molecule has 0 amide bonds. The third-order valence-corrected chi connectivity index (χ3v) is 5.88. The predicted molar refractivity (Wildman–Crippen MR) is 120 cm³/mol.